The van der Waals surface area contributed by atoms with Crippen LogP contribution in [0.1, 0.15) is 77.7 Å². The van der Waals surface area contributed by atoms with Gasteiger partial charge in [-0.3, -0.25) is 4.79 Å². The van der Waals surface area contributed by atoms with Crippen LogP contribution in [-0.4, -0.2) is 25.2 Å². The molecule has 0 heterocycles. The quantitative estimate of drug-likeness (QED) is 0.491. The van der Waals surface area contributed by atoms with Gasteiger partial charge in [0.05, 0.1) is 6.10 Å². The lowest BCUT2D eigenvalue weighted by Crippen LogP contribution is -2.27. The Bertz CT molecular complexity index is 456. The van der Waals surface area contributed by atoms with Crippen LogP contribution < -0.4 is 5.32 Å². The lowest BCUT2D eigenvalue weighted by molar-refractivity contribution is -0.121. The summed E-state index contributed by atoms with van der Waals surface area (Å²) in [5, 5.41) is 3.09. The van der Waals surface area contributed by atoms with Crippen molar-refractivity contribution in [1.29, 1.82) is 0 Å². The Labute approximate surface area is 154 Å². The molecule has 1 amide bonds. The summed E-state index contributed by atoms with van der Waals surface area (Å²) >= 11 is 0. The van der Waals surface area contributed by atoms with Crippen molar-refractivity contribution in [3.8, 4) is 0 Å². The van der Waals surface area contributed by atoms with Crippen LogP contribution in [0.5, 0.6) is 0 Å². The minimum atomic E-state index is 0.174. The highest BCUT2D eigenvalue weighted by atomic mass is 16.5. The van der Waals surface area contributed by atoms with E-state index in [-0.39, 0.29) is 5.91 Å². The van der Waals surface area contributed by atoms with E-state index in [0.29, 0.717) is 24.4 Å². The molecule has 1 aromatic rings. The first-order chi connectivity index (χ1) is 12.0. The predicted octanol–water partition coefficient (Wildman–Crippen LogP) is 5.31. The van der Waals surface area contributed by atoms with Gasteiger partial charge in [-0.05, 0) is 44.1 Å². The van der Waals surface area contributed by atoms with Crippen molar-refractivity contribution >= 4 is 5.91 Å². The summed E-state index contributed by atoms with van der Waals surface area (Å²) in [6, 6.07) is 10.4. The molecule has 1 rings (SSSR count). The first-order valence-corrected chi connectivity index (χ1v) is 9.94. The standard InChI is InChI=1S/C22H37NO2/c1-18(2)21(20-13-9-8-10-14-20)17-22(24)23-15-11-6-5-7-12-16-25-19(3)4/h8-10,13-14,18-19,21H,5-7,11-12,15-17H2,1-4H3,(H,23,24). The molecule has 0 aliphatic heterocycles. The average Bonchev–Trinajstić information content (AvgIpc) is 2.58. The number of hydrogen-bond acceptors (Lipinski definition) is 2. The number of hydrogen-bond donors (Lipinski definition) is 1. The second kappa shape index (κ2) is 12.9. The van der Waals surface area contributed by atoms with Crippen LogP contribution >= 0.6 is 0 Å². The summed E-state index contributed by atoms with van der Waals surface area (Å²) in [5.74, 6) is 0.927. The lowest BCUT2D eigenvalue weighted by Gasteiger charge is -2.21. The van der Waals surface area contributed by atoms with Crippen molar-refractivity contribution in [3.05, 3.63) is 35.9 Å². The van der Waals surface area contributed by atoms with Gasteiger partial charge in [-0.1, -0.05) is 63.4 Å². The van der Waals surface area contributed by atoms with Crippen molar-refractivity contribution in [3.63, 3.8) is 0 Å². The van der Waals surface area contributed by atoms with Crippen LogP contribution in [0.3, 0.4) is 0 Å². The normalized spacial score (nSPS) is 12.6. The Balaban J connectivity index is 2.13. The summed E-state index contributed by atoms with van der Waals surface area (Å²) in [6.07, 6.45) is 6.72. The summed E-state index contributed by atoms with van der Waals surface area (Å²) in [6.45, 7) is 10.2. The van der Waals surface area contributed by atoms with Crippen LogP contribution in [0.4, 0.5) is 0 Å². The Morgan fingerprint density at radius 1 is 0.960 bits per heavy atom. The summed E-state index contributed by atoms with van der Waals surface area (Å²) < 4.78 is 5.54. The lowest BCUT2D eigenvalue weighted by atomic mass is 9.85. The minimum absolute atomic E-state index is 0.174. The smallest absolute Gasteiger partial charge is 0.220 e. The molecule has 3 nitrogen and oxygen atoms in total. The van der Waals surface area contributed by atoms with E-state index in [1.54, 1.807) is 0 Å². The molecule has 0 aliphatic carbocycles. The molecule has 1 aromatic carbocycles. The second-order valence-corrected chi connectivity index (χ2v) is 7.50. The molecule has 0 bridgehead atoms. The Kier molecular flexibility index (Phi) is 11.2. The Morgan fingerprint density at radius 2 is 1.60 bits per heavy atom. The molecule has 0 radical (unpaired) electrons. The van der Waals surface area contributed by atoms with E-state index in [1.807, 2.05) is 6.07 Å². The van der Waals surface area contributed by atoms with E-state index in [2.05, 4.69) is 57.3 Å². The van der Waals surface area contributed by atoms with Gasteiger partial charge < -0.3 is 10.1 Å². The number of ether oxygens (including phenoxy) is 1. The van der Waals surface area contributed by atoms with Crippen molar-refractivity contribution in [2.24, 2.45) is 5.92 Å². The maximum atomic E-state index is 12.2. The largest absolute Gasteiger partial charge is 0.379 e. The molecule has 142 valence electrons. The fourth-order valence-electron chi connectivity index (χ4n) is 3.01. The molecule has 0 saturated heterocycles. The molecule has 0 fully saturated rings. The van der Waals surface area contributed by atoms with E-state index in [9.17, 15) is 4.79 Å². The average molecular weight is 348 g/mol. The van der Waals surface area contributed by atoms with Gasteiger partial charge in [0.1, 0.15) is 0 Å². The van der Waals surface area contributed by atoms with Crippen LogP contribution in [0.15, 0.2) is 30.3 Å². The fraction of sp³-hybridized carbons (Fsp3) is 0.682. The van der Waals surface area contributed by atoms with Crippen molar-refractivity contribution in [1.82, 2.24) is 5.32 Å². The zero-order valence-electron chi connectivity index (χ0n) is 16.6. The van der Waals surface area contributed by atoms with Crippen LogP contribution in [0, 0.1) is 5.92 Å². The molecule has 0 spiro atoms. The molecular weight excluding hydrogens is 310 g/mol. The van der Waals surface area contributed by atoms with Crippen molar-refractivity contribution < 1.29 is 9.53 Å². The Morgan fingerprint density at radius 3 is 2.24 bits per heavy atom. The number of unbranched alkanes of at least 4 members (excludes halogenated alkanes) is 4. The molecule has 25 heavy (non-hydrogen) atoms. The molecule has 1 N–H and O–H groups in total. The second-order valence-electron chi connectivity index (χ2n) is 7.50. The van der Waals surface area contributed by atoms with E-state index in [0.717, 1.165) is 26.0 Å². The van der Waals surface area contributed by atoms with Crippen molar-refractivity contribution in [2.75, 3.05) is 13.2 Å². The molecule has 0 aliphatic rings. The highest BCUT2D eigenvalue weighted by Crippen LogP contribution is 2.27. The minimum Gasteiger partial charge on any atom is -0.379 e. The summed E-state index contributed by atoms with van der Waals surface area (Å²) in [7, 11) is 0. The van der Waals surface area contributed by atoms with Gasteiger partial charge in [-0.2, -0.15) is 0 Å². The number of amides is 1. The monoisotopic (exact) mass is 347 g/mol. The zero-order valence-corrected chi connectivity index (χ0v) is 16.6. The van der Waals surface area contributed by atoms with Gasteiger partial charge in [0.15, 0.2) is 0 Å². The molecule has 1 atom stereocenters. The van der Waals surface area contributed by atoms with Crippen LogP contribution in [0.2, 0.25) is 0 Å². The third-order valence-electron chi connectivity index (χ3n) is 4.53. The van der Waals surface area contributed by atoms with Gasteiger partial charge in [-0.15, -0.1) is 0 Å². The van der Waals surface area contributed by atoms with E-state index < -0.39 is 0 Å². The van der Waals surface area contributed by atoms with E-state index >= 15 is 0 Å². The highest BCUT2D eigenvalue weighted by molar-refractivity contribution is 5.76. The predicted molar refractivity (Wildman–Crippen MR) is 106 cm³/mol. The number of nitrogens with one attached hydrogen (secondary N) is 1. The van der Waals surface area contributed by atoms with Gasteiger partial charge in [0.25, 0.3) is 0 Å². The van der Waals surface area contributed by atoms with E-state index in [4.69, 9.17) is 4.74 Å². The SMILES string of the molecule is CC(C)OCCCCCCCNC(=O)CC(c1ccccc1)C(C)C. The molecule has 0 saturated carbocycles. The highest BCUT2D eigenvalue weighted by Gasteiger charge is 2.19. The number of carbonyl (C=O) groups is 1. The van der Waals surface area contributed by atoms with Crippen molar-refractivity contribution in [2.45, 2.75) is 78.2 Å². The van der Waals surface area contributed by atoms with Gasteiger partial charge in [0, 0.05) is 19.6 Å². The summed E-state index contributed by atoms with van der Waals surface area (Å²) in [5.41, 5.74) is 1.26. The first-order valence-electron chi connectivity index (χ1n) is 9.94. The van der Waals surface area contributed by atoms with Crippen LogP contribution in [-0.2, 0) is 9.53 Å². The van der Waals surface area contributed by atoms with Crippen LogP contribution in [0.25, 0.3) is 0 Å². The maximum absolute atomic E-state index is 12.2. The summed E-state index contributed by atoms with van der Waals surface area (Å²) in [4.78, 5) is 12.2. The molecule has 1 unspecified atom stereocenters. The third kappa shape index (κ3) is 10.3. The third-order valence-corrected chi connectivity index (χ3v) is 4.53. The molecular formula is C22H37NO2. The molecule has 0 aromatic heterocycles. The van der Waals surface area contributed by atoms with Gasteiger partial charge in [0.2, 0.25) is 5.91 Å². The maximum Gasteiger partial charge on any atom is 0.220 e. The topological polar surface area (TPSA) is 38.3 Å². The van der Waals surface area contributed by atoms with Gasteiger partial charge >= 0.3 is 0 Å². The fourth-order valence-corrected chi connectivity index (χ4v) is 3.01. The zero-order chi connectivity index (χ0) is 18.5. The Hall–Kier alpha value is -1.35. The van der Waals surface area contributed by atoms with E-state index in [1.165, 1.54) is 24.8 Å². The van der Waals surface area contributed by atoms with Gasteiger partial charge in [-0.25, -0.2) is 0 Å². The molecule has 3 heteroatoms. The number of rotatable bonds is 13. The first kappa shape index (κ1) is 21.7. The number of benzene rings is 1. The number of carbonyl (C=O) groups excluding carboxylic acids is 1.